The average molecular weight is 340 g/mol. The van der Waals surface area contributed by atoms with Gasteiger partial charge in [0.1, 0.15) is 0 Å². The molecule has 1 heterocycles. The summed E-state index contributed by atoms with van der Waals surface area (Å²) in [4.78, 5) is 13.5. The van der Waals surface area contributed by atoms with Gasteiger partial charge in [-0.3, -0.25) is 4.79 Å². The average Bonchev–Trinajstić information content (AvgIpc) is 2.63. The molecule has 0 atom stereocenters. The quantitative estimate of drug-likeness (QED) is 0.654. The molecule has 1 N–H and O–H groups in total. The number of carbonyl (C=O) groups excluding carboxylic acids is 1. The summed E-state index contributed by atoms with van der Waals surface area (Å²) >= 11 is 3.40. The molecule has 0 aliphatic carbocycles. The molecule has 1 amide bonds. The number of carbonyl (C=O) groups is 1. The predicted octanol–water partition coefficient (Wildman–Crippen LogP) is 1.59. The van der Waals surface area contributed by atoms with Gasteiger partial charge in [0.2, 0.25) is 0 Å². The maximum absolute atomic E-state index is 11.8. The van der Waals surface area contributed by atoms with Gasteiger partial charge < -0.3 is 10.0 Å². The fourth-order valence-corrected chi connectivity index (χ4v) is 2.50. The molecule has 0 aliphatic heterocycles. The van der Waals surface area contributed by atoms with Crippen LogP contribution in [0.2, 0.25) is 0 Å². The van der Waals surface area contributed by atoms with Crippen molar-refractivity contribution in [3.63, 3.8) is 0 Å². The highest BCUT2D eigenvalue weighted by molar-refractivity contribution is 14.1. The Morgan fingerprint density at radius 3 is 2.93 bits per heavy atom. The van der Waals surface area contributed by atoms with Gasteiger partial charge in [0, 0.05) is 25.6 Å². The SMILES string of the molecule is CN(CCCCO)C(=O)c1nscc1I. The highest BCUT2D eigenvalue weighted by Gasteiger charge is 2.16. The molecular formula is C9H13IN2O2S. The summed E-state index contributed by atoms with van der Waals surface area (Å²) in [6, 6.07) is 0. The Hall–Kier alpha value is -0.210. The van der Waals surface area contributed by atoms with Crippen molar-refractivity contribution in [3.8, 4) is 0 Å². The van der Waals surface area contributed by atoms with E-state index in [9.17, 15) is 4.79 Å². The van der Waals surface area contributed by atoms with Gasteiger partial charge in [-0.25, -0.2) is 0 Å². The minimum atomic E-state index is -0.0430. The molecule has 0 spiro atoms. The third kappa shape index (κ3) is 3.69. The van der Waals surface area contributed by atoms with E-state index < -0.39 is 0 Å². The van der Waals surface area contributed by atoms with E-state index in [0.717, 1.165) is 16.4 Å². The normalized spacial score (nSPS) is 10.3. The smallest absolute Gasteiger partial charge is 0.274 e. The third-order valence-corrected chi connectivity index (χ3v) is 3.85. The largest absolute Gasteiger partial charge is 0.396 e. The van der Waals surface area contributed by atoms with Crippen molar-refractivity contribution in [2.75, 3.05) is 20.2 Å². The van der Waals surface area contributed by atoms with E-state index >= 15 is 0 Å². The second-order valence-corrected chi connectivity index (χ2v) is 4.96. The Balaban J connectivity index is 2.50. The van der Waals surface area contributed by atoms with Gasteiger partial charge in [-0.2, -0.15) is 4.37 Å². The van der Waals surface area contributed by atoms with E-state index in [1.54, 1.807) is 11.9 Å². The van der Waals surface area contributed by atoms with Crippen LogP contribution in [0.1, 0.15) is 23.3 Å². The van der Waals surface area contributed by atoms with Crippen molar-refractivity contribution < 1.29 is 9.90 Å². The first-order chi connectivity index (χ1) is 7.16. The predicted molar refractivity (Wildman–Crippen MR) is 68.1 cm³/mol. The number of unbranched alkanes of at least 4 members (excludes halogenated alkanes) is 1. The summed E-state index contributed by atoms with van der Waals surface area (Å²) in [6.45, 7) is 0.837. The number of nitrogens with zero attached hydrogens (tertiary/aromatic N) is 2. The molecule has 0 radical (unpaired) electrons. The molecule has 0 saturated carbocycles. The molecular weight excluding hydrogens is 327 g/mol. The van der Waals surface area contributed by atoms with Crippen LogP contribution in [0.5, 0.6) is 0 Å². The Bertz CT molecular complexity index is 330. The number of aromatic nitrogens is 1. The number of halogens is 1. The fraction of sp³-hybridized carbons (Fsp3) is 0.556. The van der Waals surface area contributed by atoms with Crippen LogP contribution in [0, 0.1) is 3.57 Å². The molecule has 0 fully saturated rings. The van der Waals surface area contributed by atoms with Crippen LogP contribution in [-0.4, -0.2) is 40.5 Å². The Labute approximate surface area is 107 Å². The van der Waals surface area contributed by atoms with Crippen molar-refractivity contribution in [2.24, 2.45) is 0 Å². The van der Waals surface area contributed by atoms with Crippen molar-refractivity contribution >= 4 is 40.0 Å². The van der Waals surface area contributed by atoms with Crippen LogP contribution >= 0.6 is 34.1 Å². The van der Waals surface area contributed by atoms with E-state index in [0.29, 0.717) is 12.2 Å². The summed E-state index contributed by atoms with van der Waals surface area (Å²) in [5, 5.41) is 10.5. The summed E-state index contributed by atoms with van der Waals surface area (Å²) in [5.74, 6) is -0.0430. The summed E-state index contributed by atoms with van der Waals surface area (Å²) < 4.78 is 4.96. The Kier molecular flexibility index (Phi) is 5.48. The molecule has 4 nitrogen and oxygen atoms in total. The molecule has 0 aromatic carbocycles. The monoisotopic (exact) mass is 340 g/mol. The molecule has 15 heavy (non-hydrogen) atoms. The van der Waals surface area contributed by atoms with Crippen LogP contribution < -0.4 is 0 Å². The maximum atomic E-state index is 11.8. The Morgan fingerprint density at radius 2 is 2.40 bits per heavy atom. The van der Waals surface area contributed by atoms with E-state index in [1.807, 2.05) is 5.38 Å². The molecule has 84 valence electrons. The number of aliphatic hydroxyl groups is 1. The number of hydrogen-bond acceptors (Lipinski definition) is 4. The number of amides is 1. The van der Waals surface area contributed by atoms with E-state index in [-0.39, 0.29) is 12.5 Å². The molecule has 0 bridgehead atoms. The van der Waals surface area contributed by atoms with E-state index in [4.69, 9.17) is 5.11 Å². The lowest BCUT2D eigenvalue weighted by Crippen LogP contribution is -2.28. The van der Waals surface area contributed by atoms with Gasteiger partial charge in [-0.05, 0) is 47.0 Å². The molecule has 1 rings (SSSR count). The van der Waals surface area contributed by atoms with Gasteiger partial charge >= 0.3 is 0 Å². The molecule has 0 saturated heterocycles. The number of aliphatic hydroxyl groups excluding tert-OH is 1. The highest BCUT2D eigenvalue weighted by Crippen LogP contribution is 2.14. The number of hydrogen-bond donors (Lipinski definition) is 1. The van der Waals surface area contributed by atoms with Gasteiger partial charge in [-0.15, -0.1) is 0 Å². The van der Waals surface area contributed by atoms with Crippen molar-refractivity contribution in [2.45, 2.75) is 12.8 Å². The lowest BCUT2D eigenvalue weighted by atomic mass is 10.3. The zero-order valence-corrected chi connectivity index (χ0v) is 11.4. The standard InChI is InChI=1S/C9H13IN2O2S/c1-12(4-2-3-5-13)9(14)8-7(10)6-15-11-8/h6,13H,2-5H2,1H3. The lowest BCUT2D eigenvalue weighted by Gasteiger charge is -2.15. The second kappa shape index (κ2) is 6.39. The minimum Gasteiger partial charge on any atom is -0.396 e. The van der Waals surface area contributed by atoms with Crippen LogP contribution in [0.4, 0.5) is 0 Å². The fourth-order valence-electron chi connectivity index (χ4n) is 1.11. The van der Waals surface area contributed by atoms with Crippen molar-refractivity contribution in [1.29, 1.82) is 0 Å². The second-order valence-electron chi connectivity index (χ2n) is 3.17. The number of rotatable bonds is 5. The van der Waals surface area contributed by atoms with Gasteiger partial charge in [-0.1, -0.05) is 0 Å². The zero-order chi connectivity index (χ0) is 11.3. The first kappa shape index (κ1) is 12.9. The van der Waals surface area contributed by atoms with Crippen LogP contribution in [0.15, 0.2) is 5.38 Å². The minimum absolute atomic E-state index is 0.0430. The molecule has 1 aromatic heterocycles. The summed E-state index contributed by atoms with van der Waals surface area (Å²) in [7, 11) is 1.76. The first-order valence-corrected chi connectivity index (χ1v) is 6.54. The topological polar surface area (TPSA) is 53.4 Å². The molecule has 0 aliphatic rings. The highest BCUT2D eigenvalue weighted by atomic mass is 127. The third-order valence-electron chi connectivity index (χ3n) is 1.98. The summed E-state index contributed by atoms with van der Waals surface area (Å²) in [6.07, 6.45) is 1.55. The van der Waals surface area contributed by atoms with Gasteiger partial charge in [0.25, 0.3) is 5.91 Å². The van der Waals surface area contributed by atoms with E-state index in [2.05, 4.69) is 27.0 Å². The first-order valence-electron chi connectivity index (χ1n) is 4.63. The molecule has 1 aromatic rings. The van der Waals surface area contributed by atoms with Crippen LogP contribution in [-0.2, 0) is 0 Å². The van der Waals surface area contributed by atoms with Crippen molar-refractivity contribution in [3.05, 3.63) is 14.6 Å². The van der Waals surface area contributed by atoms with Crippen LogP contribution in [0.25, 0.3) is 0 Å². The summed E-state index contributed by atoms with van der Waals surface area (Å²) in [5.41, 5.74) is 0.534. The maximum Gasteiger partial charge on any atom is 0.274 e. The molecule has 0 unspecified atom stereocenters. The van der Waals surface area contributed by atoms with Crippen LogP contribution in [0.3, 0.4) is 0 Å². The molecule has 6 heteroatoms. The lowest BCUT2D eigenvalue weighted by molar-refractivity contribution is 0.0784. The van der Waals surface area contributed by atoms with Gasteiger partial charge in [0.05, 0.1) is 3.57 Å². The van der Waals surface area contributed by atoms with E-state index in [1.165, 1.54) is 11.5 Å². The van der Waals surface area contributed by atoms with Crippen molar-refractivity contribution in [1.82, 2.24) is 9.27 Å². The zero-order valence-electron chi connectivity index (χ0n) is 8.44. The van der Waals surface area contributed by atoms with Gasteiger partial charge in [0.15, 0.2) is 5.69 Å². The Morgan fingerprint density at radius 1 is 1.67 bits per heavy atom.